The van der Waals surface area contributed by atoms with E-state index in [2.05, 4.69) is 5.43 Å². The number of carbonyl (C=O) groups is 3. The molecule has 172 valence electrons. The monoisotopic (exact) mass is 433 g/mol. The molecule has 0 aliphatic rings. The van der Waals surface area contributed by atoms with Gasteiger partial charge in [0.2, 0.25) is 11.8 Å². The summed E-state index contributed by atoms with van der Waals surface area (Å²) in [6.07, 6.45) is 3.63. The number of hydrogen-bond acceptors (Lipinski definition) is 5. The van der Waals surface area contributed by atoms with Crippen molar-refractivity contribution in [2.75, 3.05) is 13.7 Å². The lowest BCUT2D eigenvalue weighted by Gasteiger charge is -2.29. The van der Waals surface area contributed by atoms with E-state index in [1.807, 2.05) is 70.2 Å². The molecular weight excluding hydrogens is 398 g/mol. The molecule has 0 spiro atoms. The van der Waals surface area contributed by atoms with E-state index in [1.54, 1.807) is 5.48 Å². The number of amides is 3. The van der Waals surface area contributed by atoms with Gasteiger partial charge in [-0.25, -0.2) is 15.3 Å². The van der Waals surface area contributed by atoms with Crippen LogP contribution in [-0.4, -0.2) is 41.8 Å². The minimum atomic E-state index is -0.814. The fraction of sp³-hybridized carbons (Fsp3) is 0.522. The van der Waals surface area contributed by atoms with Crippen molar-refractivity contribution in [1.82, 2.24) is 15.9 Å². The molecule has 0 bridgehead atoms. The van der Waals surface area contributed by atoms with Crippen LogP contribution in [0.5, 0.6) is 0 Å². The molecule has 8 nitrogen and oxygen atoms in total. The molecule has 0 aliphatic carbocycles. The zero-order chi connectivity index (χ0) is 23.4. The van der Waals surface area contributed by atoms with Gasteiger partial charge < -0.3 is 4.74 Å². The van der Waals surface area contributed by atoms with Gasteiger partial charge in [-0.3, -0.25) is 20.2 Å². The van der Waals surface area contributed by atoms with Gasteiger partial charge in [0, 0.05) is 6.54 Å². The van der Waals surface area contributed by atoms with E-state index in [0.29, 0.717) is 6.42 Å². The number of allylic oxidation sites excluding steroid dienone is 1. The summed E-state index contributed by atoms with van der Waals surface area (Å²) < 4.78 is 4.76. The van der Waals surface area contributed by atoms with Crippen molar-refractivity contribution in [2.45, 2.75) is 40.5 Å². The number of benzene rings is 1. The predicted molar refractivity (Wildman–Crippen MR) is 119 cm³/mol. The normalized spacial score (nSPS) is 13.2. The Bertz CT molecular complexity index is 734. The fourth-order valence-electron chi connectivity index (χ4n) is 3.27. The second-order valence-corrected chi connectivity index (χ2v) is 8.32. The number of nitrogens with one attached hydrogen (secondary N) is 2. The first kappa shape index (κ1) is 26.2. The van der Waals surface area contributed by atoms with Crippen LogP contribution in [0.25, 0.3) is 6.08 Å². The van der Waals surface area contributed by atoms with Crippen molar-refractivity contribution >= 4 is 24.0 Å². The third kappa shape index (κ3) is 9.21. The molecule has 2 atom stereocenters. The molecule has 1 aromatic rings. The van der Waals surface area contributed by atoms with Crippen molar-refractivity contribution in [2.24, 2.45) is 23.7 Å². The predicted octanol–water partition coefficient (Wildman–Crippen LogP) is 3.63. The Hall–Kier alpha value is -2.87. The fourth-order valence-corrected chi connectivity index (χ4v) is 3.27. The first-order chi connectivity index (χ1) is 14.7. The molecule has 0 aliphatic heterocycles. The van der Waals surface area contributed by atoms with Crippen LogP contribution in [0.4, 0.5) is 4.79 Å². The number of hydrogen-bond donors (Lipinski definition) is 3. The van der Waals surface area contributed by atoms with Gasteiger partial charge in [-0.05, 0) is 30.2 Å². The average molecular weight is 434 g/mol. The molecule has 0 saturated heterocycles. The molecule has 3 amide bonds. The molecule has 8 heteroatoms. The lowest BCUT2D eigenvalue weighted by molar-refractivity contribution is -0.142. The third-order valence-corrected chi connectivity index (χ3v) is 4.68. The molecule has 0 unspecified atom stereocenters. The smallest absolute Gasteiger partial charge is 0.428 e. The Kier molecular flexibility index (Phi) is 11.3. The van der Waals surface area contributed by atoms with E-state index in [4.69, 9.17) is 4.74 Å². The summed E-state index contributed by atoms with van der Waals surface area (Å²) in [5, 5.41) is 10.4. The van der Waals surface area contributed by atoms with Crippen molar-refractivity contribution in [3.05, 3.63) is 42.0 Å². The summed E-state index contributed by atoms with van der Waals surface area (Å²) in [5.74, 6) is -2.49. The minimum absolute atomic E-state index is 0.0910. The van der Waals surface area contributed by atoms with E-state index in [0.717, 1.165) is 10.6 Å². The van der Waals surface area contributed by atoms with Crippen LogP contribution in [0.2, 0.25) is 0 Å². The van der Waals surface area contributed by atoms with Crippen molar-refractivity contribution in [1.29, 1.82) is 0 Å². The van der Waals surface area contributed by atoms with Crippen molar-refractivity contribution in [3.63, 3.8) is 0 Å². The summed E-state index contributed by atoms with van der Waals surface area (Å²) in [7, 11) is 1.24. The highest BCUT2D eigenvalue weighted by molar-refractivity contribution is 5.88. The SMILES string of the molecule is COC(=O)N(CC(C)C)NC(=O)[C@@H](CC(C)C)[C@H](CC=Cc1ccccc1)C(=O)NO. The van der Waals surface area contributed by atoms with Gasteiger partial charge >= 0.3 is 6.09 Å². The minimum Gasteiger partial charge on any atom is -0.452 e. The maximum Gasteiger partial charge on any atom is 0.428 e. The molecular formula is C23H35N3O5. The van der Waals surface area contributed by atoms with Gasteiger partial charge in [-0.15, -0.1) is 0 Å². The van der Waals surface area contributed by atoms with Gasteiger partial charge in [-0.1, -0.05) is 70.2 Å². The number of hydroxylamine groups is 1. The summed E-state index contributed by atoms with van der Waals surface area (Å²) >= 11 is 0. The molecule has 0 aromatic heterocycles. The lowest BCUT2D eigenvalue weighted by Crippen LogP contribution is -2.52. The van der Waals surface area contributed by atoms with E-state index >= 15 is 0 Å². The third-order valence-electron chi connectivity index (χ3n) is 4.68. The molecule has 0 fully saturated rings. The standard InChI is InChI=1S/C23H35N3O5/c1-16(2)14-20(21(27)24-26(15-17(3)4)23(29)31-5)19(22(28)25-30)13-9-12-18-10-7-6-8-11-18/h6-12,16-17,19-20,30H,13-15H2,1-5H3,(H,24,27)(H,25,28)/t19-,20-/m0/s1. The number of methoxy groups -OCH3 is 1. The summed E-state index contributed by atoms with van der Waals surface area (Å²) in [4.78, 5) is 37.7. The quantitative estimate of drug-likeness (QED) is 0.386. The molecule has 0 radical (unpaired) electrons. The Balaban J connectivity index is 3.09. The van der Waals surface area contributed by atoms with Gasteiger partial charge in [0.15, 0.2) is 0 Å². The number of hydrazine groups is 1. The highest BCUT2D eigenvalue weighted by Crippen LogP contribution is 2.25. The number of rotatable bonds is 10. The molecule has 31 heavy (non-hydrogen) atoms. The van der Waals surface area contributed by atoms with Crippen molar-refractivity contribution < 1.29 is 24.3 Å². The number of carbonyl (C=O) groups excluding carboxylic acids is 3. The zero-order valence-corrected chi connectivity index (χ0v) is 19.0. The van der Waals surface area contributed by atoms with Crippen LogP contribution < -0.4 is 10.9 Å². The highest BCUT2D eigenvalue weighted by Gasteiger charge is 2.35. The first-order valence-corrected chi connectivity index (χ1v) is 10.5. The maximum atomic E-state index is 13.1. The maximum absolute atomic E-state index is 13.1. The van der Waals surface area contributed by atoms with Crippen LogP contribution >= 0.6 is 0 Å². The Morgan fingerprint density at radius 2 is 1.68 bits per heavy atom. The Morgan fingerprint density at radius 3 is 2.19 bits per heavy atom. The van der Waals surface area contributed by atoms with Gasteiger partial charge in [0.05, 0.1) is 18.9 Å². The molecule has 3 N–H and O–H groups in total. The Morgan fingerprint density at radius 1 is 1.03 bits per heavy atom. The van der Waals surface area contributed by atoms with E-state index < -0.39 is 29.7 Å². The van der Waals surface area contributed by atoms with Crippen molar-refractivity contribution in [3.8, 4) is 0 Å². The summed E-state index contributed by atoms with van der Waals surface area (Å²) in [6.45, 7) is 7.96. The average Bonchev–Trinajstić information content (AvgIpc) is 2.74. The second-order valence-electron chi connectivity index (χ2n) is 8.32. The van der Waals surface area contributed by atoms with Crippen LogP contribution in [-0.2, 0) is 14.3 Å². The number of nitrogens with zero attached hydrogens (tertiary/aromatic N) is 1. The molecule has 1 aromatic carbocycles. The van der Waals surface area contributed by atoms with E-state index in [1.165, 1.54) is 7.11 Å². The highest BCUT2D eigenvalue weighted by atomic mass is 16.5. The summed E-state index contributed by atoms with van der Waals surface area (Å²) in [6, 6.07) is 9.57. The lowest BCUT2D eigenvalue weighted by atomic mass is 9.82. The van der Waals surface area contributed by atoms with Gasteiger partial charge in [0.1, 0.15) is 0 Å². The summed E-state index contributed by atoms with van der Waals surface area (Å²) in [5.41, 5.74) is 5.25. The van der Waals surface area contributed by atoms with Crippen LogP contribution in [0, 0.1) is 23.7 Å². The largest absolute Gasteiger partial charge is 0.452 e. The van der Waals surface area contributed by atoms with E-state index in [-0.39, 0.29) is 24.8 Å². The number of ether oxygens (including phenoxy) is 1. The van der Waals surface area contributed by atoms with E-state index in [9.17, 15) is 19.6 Å². The topological polar surface area (TPSA) is 108 Å². The second kappa shape index (κ2) is 13.4. The van der Waals surface area contributed by atoms with Crippen LogP contribution in [0.1, 0.15) is 46.1 Å². The van der Waals surface area contributed by atoms with Gasteiger partial charge in [0.25, 0.3) is 0 Å². The zero-order valence-electron chi connectivity index (χ0n) is 19.0. The molecule has 0 saturated carbocycles. The van der Waals surface area contributed by atoms with Gasteiger partial charge in [-0.2, -0.15) is 0 Å². The molecule has 0 heterocycles. The molecule has 1 rings (SSSR count). The van der Waals surface area contributed by atoms with Crippen LogP contribution in [0.3, 0.4) is 0 Å². The Labute approximate surface area is 184 Å². The first-order valence-electron chi connectivity index (χ1n) is 10.5. The van der Waals surface area contributed by atoms with Crippen LogP contribution in [0.15, 0.2) is 36.4 Å².